The molecule has 0 unspecified atom stereocenters. The highest BCUT2D eigenvalue weighted by Gasteiger charge is 2.13. The van der Waals surface area contributed by atoms with Crippen LogP contribution in [-0.2, 0) is 6.54 Å². The van der Waals surface area contributed by atoms with Gasteiger partial charge < -0.3 is 5.32 Å². The second-order valence-corrected chi connectivity index (χ2v) is 6.93. The maximum absolute atomic E-state index is 12.4. The first-order chi connectivity index (χ1) is 12.7. The molecule has 0 fully saturated rings. The van der Waals surface area contributed by atoms with Crippen LogP contribution in [0.5, 0.6) is 0 Å². The second kappa shape index (κ2) is 6.97. The van der Waals surface area contributed by atoms with Crippen molar-refractivity contribution < 1.29 is 4.79 Å². The Morgan fingerprint density at radius 2 is 2.15 bits per heavy atom. The molecule has 7 heteroatoms. The standard InChI is InChI=1S/C19H17N5OS/c1-13-4-2-5-14(10-13)12-24-8-7-18(23-24)20-19(25)16-11-15(21-22-16)17-6-3-9-26-17/h2-11H,12H2,1H3,(H,21,22)(H,20,23,25). The lowest BCUT2D eigenvalue weighted by Gasteiger charge is -2.03. The number of anilines is 1. The molecule has 4 aromatic rings. The van der Waals surface area contributed by atoms with Gasteiger partial charge in [-0.1, -0.05) is 35.9 Å². The van der Waals surface area contributed by atoms with Crippen LogP contribution in [0.3, 0.4) is 0 Å². The number of H-pyrrole nitrogens is 1. The van der Waals surface area contributed by atoms with Crippen molar-refractivity contribution in [3.05, 3.63) is 76.9 Å². The lowest BCUT2D eigenvalue weighted by Crippen LogP contribution is -2.13. The number of hydrogen-bond donors (Lipinski definition) is 2. The first kappa shape index (κ1) is 16.3. The molecule has 3 aromatic heterocycles. The fourth-order valence-electron chi connectivity index (χ4n) is 2.69. The van der Waals surface area contributed by atoms with E-state index in [-0.39, 0.29) is 5.91 Å². The van der Waals surface area contributed by atoms with E-state index in [2.05, 4.69) is 45.7 Å². The van der Waals surface area contributed by atoms with E-state index >= 15 is 0 Å². The number of hydrogen-bond acceptors (Lipinski definition) is 4. The second-order valence-electron chi connectivity index (χ2n) is 5.99. The molecule has 1 aromatic carbocycles. The molecule has 1 amide bonds. The number of rotatable bonds is 5. The summed E-state index contributed by atoms with van der Waals surface area (Å²) in [6.07, 6.45) is 1.85. The number of aromatic amines is 1. The third kappa shape index (κ3) is 3.57. The van der Waals surface area contributed by atoms with Crippen molar-refractivity contribution in [1.82, 2.24) is 20.0 Å². The minimum absolute atomic E-state index is 0.287. The van der Waals surface area contributed by atoms with Gasteiger partial charge in [0.25, 0.3) is 5.91 Å². The molecular formula is C19H17N5OS. The number of benzene rings is 1. The third-order valence-electron chi connectivity index (χ3n) is 3.91. The number of aryl methyl sites for hydroxylation is 1. The number of carbonyl (C=O) groups is 1. The van der Waals surface area contributed by atoms with Gasteiger partial charge in [-0.05, 0) is 30.0 Å². The predicted molar refractivity (Wildman–Crippen MR) is 102 cm³/mol. The van der Waals surface area contributed by atoms with Crippen molar-refractivity contribution in [3.63, 3.8) is 0 Å². The van der Waals surface area contributed by atoms with E-state index in [1.54, 1.807) is 28.2 Å². The van der Waals surface area contributed by atoms with Crippen LogP contribution in [0.2, 0.25) is 0 Å². The molecule has 0 bridgehead atoms. The lowest BCUT2D eigenvalue weighted by atomic mass is 10.1. The van der Waals surface area contributed by atoms with Crippen molar-refractivity contribution in [2.24, 2.45) is 0 Å². The largest absolute Gasteiger partial charge is 0.304 e. The van der Waals surface area contributed by atoms with Crippen LogP contribution in [0, 0.1) is 6.92 Å². The summed E-state index contributed by atoms with van der Waals surface area (Å²) in [5, 5.41) is 16.2. The van der Waals surface area contributed by atoms with Gasteiger partial charge in [0.15, 0.2) is 11.5 Å². The van der Waals surface area contributed by atoms with Crippen LogP contribution in [-0.4, -0.2) is 25.9 Å². The molecule has 4 rings (SSSR count). The smallest absolute Gasteiger partial charge is 0.277 e. The zero-order chi connectivity index (χ0) is 17.9. The Kier molecular flexibility index (Phi) is 4.37. The summed E-state index contributed by atoms with van der Waals surface area (Å²) in [6, 6.07) is 15.7. The van der Waals surface area contributed by atoms with Crippen molar-refractivity contribution in [3.8, 4) is 10.6 Å². The Hall–Kier alpha value is -3.19. The molecule has 0 aliphatic carbocycles. The Balaban J connectivity index is 1.43. The zero-order valence-electron chi connectivity index (χ0n) is 14.1. The van der Waals surface area contributed by atoms with Crippen molar-refractivity contribution in [1.29, 1.82) is 0 Å². The summed E-state index contributed by atoms with van der Waals surface area (Å²) >= 11 is 1.59. The van der Waals surface area contributed by atoms with Crippen LogP contribution in [0.25, 0.3) is 10.6 Å². The number of nitrogens with one attached hydrogen (secondary N) is 2. The van der Waals surface area contributed by atoms with Gasteiger partial charge in [-0.2, -0.15) is 10.2 Å². The molecule has 0 saturated carbocycles. The number of aromatic nitrogens is 4. The van der Waals surface area contributed by atoms with Crippen molar-refractivity contribution in [2.45, 2.75) is 13.5 Å². The Bertz CT molecular complexity index is 1030. The van der Waals surface area contributed by atoms with Gasteiger partial charge >= 0.3 is 0 Å². The van der Waals surface area contributed by atoms with Gasteiger partial charge in [-0.15, -0.1) is 11.3 Å². The zero-order valence-corrected chi connectivity index (χ0v) is 15.0. The highest BCUT2D eigenvalue weighted by atomic mass is 32.1. The monoisotopic (exact) mass is 363 g/mol. The molecule has 130 valence electrons. The van der Waals surface area contributed by atoms with Crippen LogP contribution < -0.4 is 5.32 Å². The minimum Gasteiger partial charge on any atom is -0.304 e. The van der Waals surface area contributed by atoms with E-state index in [9.17, 15) is 4.79 Å². The minimum atomic E-state index is -0.287. The summed E-state index contributed by atoms with van der Waals surface area (Å²) in [5.74, 6) is 0.216. The molecule has 6 nitrogen and oxygen atoms in total. The fraction of sp³-hybridized carbons (Fsp3) is 0.105. The van der Waals surface area contributed by atoms with Crippen LogP contribution >= 0.6 is 11.3 Å². The van der Waals surface area contributed by atoms with Gasteiger partial charge in [-0.25, -0.2) is 0 Å². The summed E-state index contributed by atoms with van der Waals surface area (Å²) in [5.41, 5.74) is 3.54. The maximum Gasteiger partial charge on any atom is 0.277 e. The van der Waals surface area contributed by atoms with Crippen LogP contribution in [0.1, 0.15) is 21.6 Å². The first-order valence-electron chi connectivity index (χ1n) is 8.17. The number of amides is 1. The Labute approximate surface area is 154 Å². The third-order valence-corrected chi connectivity index (χ3v) is 4.81. The molecule has 26 heavy (non-hydrogen) atoms. The molecule has 3 heterocycles. The van der Waals surface area contributed by atoms with E-state index in [0.717, 1.165) is 10.6 Å². The highest BCUT2D eigenvalue weighted by Crippen LogP contribution is 2.23. The number of nitrogens with zero attached hydrogens (tertiary/aromatic N) is 3. The fourth-order valence-corrected chi connectivity index (χ4v) is 3.38. The van der Waals surface area contributed by atoms with E-state index in [4.69, 9.17) is 0 Å². The molecule has 0 atom stereocenters. The van der Waals surface area contributed by atoms with E-state index in [1.165, 1.54) is 11.1 Å². The molecular weight excluding hydrogens is 346 g/mol. The molecule has 0 aliphatic rings. The average molecular weight is 363 g/mol. The Morgan fingerprint density at radius 3 is 2.96 bits per heavy atom. The van der Waals surface area contributed by atoms with Gasteiger partial charge in [-0.3, -0.25) is 14.6 Å². The van der Waals surface area contributed by atoms with E-state index in [1.807, 2.05) is 29.8 Å². The molecule has 2 N–H and O–H groups in total. The van der Waals surface area contributed by atoms with E-state index in [0.29, 0.717) is 18.1 Å². The molecule has 0 radical (unpaired) electrons. The topological polar surface area (TPSA) is 75.6 Å². The van der Waals surface area contributed by atoms with Crippen molar-refractivity contribution >= 4 is 23.1 Å². The first-order valence-corrected chi connectivity index (χ1v) is 9.05. The molecule has 0 spiro atoms. The van der Waals surface area contributed by atoms with Crippen LogP contribution in [0.15, 0.2) is 60.1 Å². The number of thiophene rings is 1. The van der Waals surface area contributed by atoms with Gasteiger partial charge in [0.05, 0.1) is 17.1 Å². The lowest BCUT2D eigenvalue weighted by molar-refractivity contribution is 0.102. The average Bonchev–Trinajstić information content (AvgIpc) is 3.36. The van der Waals surface area contributed by atoms with Gasteiger partial charge in [0.1, 0.15) is 0 Å². The quantitative estimate of drug-likeness (QED) is 0.564. The van der Waals surface area contributed by atoms with E-state index < -0.39 is 0 Å². The predicted octanol–water partition coefficient (Wildman–Crippen LogP) is 3.94. The van der Waals surface area contributed by atoms with Crippen LogP contribution in [0.4, 0.5) is 5.82 Å². The highest BCUT2D eigenvalue weighted by molar-refractivity contribution is 7.13. The number of carbonyl (C=O) groups excluding carboxylic acids is 1. The summed E-state index contributed by atoms with van der Waals surface area (Å²) in [4.78, 5) is 13.4. The molecule has 0 aliphatic heterocycles. The normalized spacial score (nSPS) is 10.8. The maximum atomic E-state index is 12.4. The van der Waals surface area contributed by atoms with Gasteiger partial charge in [0, 0.05) is 12.3 Å². The summed E-state index contributed by atoms with van der Waals surface area (Å²) in [7, 11) is 0. The summed E-state index contributed by atoms with van der Waals surface area (Å²) < 4.78 is 1.80. The Morgan fingerprint density at radius 1 is 1.23 bits per heavy atom. The molecule has 0 saturated heterocycles. The van der Waals surface area contributed by atoms with Gasteiger partial charge in [0.2, 0.25) is 0 Å². The summed E-state index contributed by atoms with van der Waals surface area (Å²) in [6.45, 7) is 2.72. The van der Waals surface area contributed by atoms with Crippen molar-refractivity contribution in [2.75, 3.05) is 5.32 Å². The SMILES string of the molecule is Cc1cccc(Cn2ccc(NC(=O)c3cc(-c4cccs4)[nH]n3)n2)c1.